The Morgan fingerprint density at radius 1 is 0.946 bits per heavy atom. The molecule has 0 radical (unpaired) electrons. The number of rotatable bonds is 6. The van der Waals surface area contributed by atoms with E-state index >= 15 is 0 Å². The Morgan fingerprint density at radius 2 is 1.46 bits per heavy atom. The second-order valence-corrected chi connectivity index (χ2v) is 8.71. The Bertz CT molecular complexity index is 1080. The molecule has 0 amide bonds. The summed E-state index contributed by atoms with van der Waals surface area (Å²) < 4.78 is 78.9. The second kappa shape index (κ2) is 12.5. The number of nitrogens with one attached hydrogen (secondary N) is 2. The number of hydrogen-bond donors (Lipinski definition) is 4. The minimum Gasteiger partial charge on any atom is -0.481 e. The maximum atomic E-state index is 13.1. The number of anilines is 1. The molecule has 0 bridgehead atoms. The summed E-state index contributed by atoms with van der Waals surface area (Å²) >= 11 is 6.31. The molecule has 0 aliphatic carbocycles. The van der Waals surface area contributed by atoms with Crippen LogP contribution >= 0.6 is 11.6 Å². The van der Waals surface area contributed by atoms with Crippen molar-refractivity contribution in [1.29, 1.82) is 0 Å². The molecule has 1 aliphatic rings. The van der Waals surface area contributed by atoms with E-state index in [0.717, 1.165) is 36.2 Å². The molecule has 1 heterocycles. The van der Waals surface area contributed by atoms with Gasteiger partial charge in [0.1, 0.15) is 0 Å². The highest BCUT2D eigenvalue weighted by molar-refractivity contribution is 6.33. The molecule has 3 rings (SSSR count). The minimum atomic E-state index is -4.89. The predicted octanol–water partition coefficient (Wildman–Crippen LogP) is 6.17. The maximum Gasteiger partial charge on any atom is 0.416 e. The standard InChI is InChI=1S/C20H19ClF6N2.C4H6O4/c1-11(13-8-14(19(22,23)24)10-15(9-13)20(25,26)27)29-18-16-5-7-28-6-4-12(16)2-3-17(18)21;5-3(6)1-2-4(7)8/h2-3,8-11,28-29H,4-7H2,1H3;1-2H2,(H,5,6)(H,7,8). The zero-order valence-electron chi connectivity index (χ0n) is 19.6. The number of carbonyl (C=O) groups is 2. The lowest BCUT2D eigenvalue weighted by molar-refractivity contribution is -0.143. The molecule has 2 aromatic carbocycles. The summed E-state index contributed by atoms with van der Waals surface area (Å²) in [5, 5.41) is 22.5. The van der Waals surface area contributed by atoms with Crippen molar-refractivity contribution in [3.8, 4) is 0 Å². The van der Waals surface area contributed by atoms with Gasteiger partial charge in [-0.05, 0) is 73.8 Å². The topological polar surface area (TPSA) is 98.7 Å². The molecule has 4 N–H and O–H groups in total. The third kappa shape index (κ3) is 9.12. The quantitative estimate of drug-likeness (QED) is 0.319. The van der Waals surface area contributed by atoms with Crippen molar-refractivity contribution in [2.45, 2.75) is 51.0 Å². The van der Waals surface area contributed by atoms with Crippen LogP contribution in [-0.4, -0.2) is 35.2 Å². The summed E-state index contributed by atoms with van der Waals surface area (Å²) in [6.07, 6.45) is -8.95. The highest BCUT2D eigenvalue weighted by Gasteiger charge is 2.37. The molecule has 1 atom stereocenters. The minimum absolute atomic E-state index is 0.118. The summed E-state index contributed by atoms with van der Waals surface area (Å²) in [5.41, 5.74) is -0.262. The number of carboxylic acids is 2. The van der Waals surface area contributed by atoms with Gasteiger partial charge in [0.25, 0.3) is 0 Å². The number of benzene rings is 2. The lowest BCUT2D eigenvalue weighted by Gasteiger charge is -2.23. The molecule has 2 aromatic rings. The van der Waals surface area contributed by atoms with Crippen LogP contribution in [-0.2, 0) is 34.8 Å². The Hall–Kier alpha value is -2.99. The van der Waals surface area contributed by atoms with E-state index in [2.05, 4.69) is 10.6 Å². The van der Waals surface area contributed by atoms with Gasteiger partial charge in [0.15, 0.2) is 0 Å². The van der Waals surface area contributed by atoms with Crippen LogP contribution in [0.4, 0.5) is 32.0 Å². The smallest absolute Gasteiger partial charge is 0.416 e. The van der Waals surface area contributed by atoms with E-state index in [4.69, 9.17) is 21.8 Å². The van der Waals surface area contributed by atoms with Crippen LogP contribution in [0.3, 0.4) is 0 Å². The number of fused-ring (bicyclic) bond motifs is 1. The second-order valence-electron chi connectivity index (χ2n) is 8.30. The van der Waals surface area contributed by atoms with Crippen molar-refractivity contribution >= 4 is 29.2 Å². The predicted molar refractivity (Wildman–Crippen MR) is 125 cm³/mol. The Kier molecular flexibility index (Phi) is 10.2. The molecule has 0 spiro atoms. The fourth-order valence-electron chi connectivity index (χ4n) is 3.64. The highest BCUT2D eigenvalue weighted by Crippen LogP contribution is 2.39. The number of carboxylic acid groups (broad SMARTS) is 2. The van der Waals surface area contributed by atoms with Gasteiger partial charge >= 0.3 is 24.3 Å². The molecule has 0 fully saturated rings. The normalized spacial score (nSPS) is 14.5. The van der Waals surface area contributed by atoms with Gasteiger partial charge in [-0.25, -0.2) is 0 Å². The van der Waals surface area contributed by atoms with Gasteiger partial charge in [0, 0.05) is 6.04 Å². The first-order valence-electron chi connectivity index (χ1n) is 11.1. The fraction of sp³-hybridized carbons (Fsp3) is 0.417. The molecular formula is C24H25ClF6N2O4. The first-order valence-corrected chi connectivity index (χ1v) is 11.5. The molecular weight excluding hydrogens is 530 g/mol. The van der Waals surface area contributed by atoms with E-state index < -0.39 is 41.5 Å². The van der Waals surface area contributed by atoms with Gasteiger partial charge in [0.2, 0.25) is 0 Å². The zero-order valence-corrected chi connectivity index (χ0v) is 20.3. The van der Waals surface area contributed by atoms with E-state index in [1.54, 1.807) is 6.07 Å². The Labute approximate surface area is 213 Å². The van der Waals surface area contributed by atoms with E-state index in [1.807, 2.05) is 6.07 Å². The Morgan fingerprint density at radius 3 is 1.95 bits per heavy atom. The van der Waals surface area contributed by atoms with E-state index in [0.29, 0.717) is 23.7 Å². The van der Waals surface area contributed by atoms with Crippen LogP contribution in [0.2, 0.25) is 5.02 Å². The molecule has 37 heavy (non-hydrogen) atoms. The molecule has 6 nitrogen and oxygen atoms in total. The maximum absolute atomic E-state index is 13.1. The Balaban J connectivity index is 0.000000521. The lowest BCUT2D eigenvalue weighted by Crippen LogP contribution is -2.17. The molecule has 204 valence electrons. The third-order valence-corrected chi connectivity index (χ3v) is 5.82. The van der Waals surface area contributed by atoms with Crippen molar-refractivity contribution in [3.05, 3.63) is 63.2 Å². The van der Waals surface area contributed by atoms with Crippen molar-refractivity contribution in [2.75, 3.05) is 18.4 Å². The van der Waals surface area contributed by atoms with E-state index in [-0.39, 0.29) is 24.5 Å². The molecule has 0 aromatic heterocycles. The molecule has 1 aliphatic heterocycles. The largest absolute Gasteiger partial charge is 0.481 e. The molecule has 0 saturated heterocycles. The number of hydrogen-bond acceptors (Lipinski definition) is 4. The van der Waals surface area contributed by atoms with Gasteiger partial charge in [-0.1, -0.05) is 17.7 Å². The highest BCUT2D eigenvalue weighted by atomic mass is 35.5. The average Bonchev–Trinajstić information content (AvgIpc) is 3.04. The first kappa shape index (κ1) is 30.2. The molecule has 0 saturated carbocycles. The van der Waals surface area contributed by atoms with E-state index in [1.165, 1.54) is 6.92 Å². The first-order chi connectivity index (χ1) is 17.1. The van der Waals surface area contributed by atoms with Crippen LogP contribution in [0.25, 0.3) is 0 Å². The summed E-state index contributed by atoms with van der Waals surface area (Å²) in [5.74, 6) is -2.15. The third-order valence-electron chi connectivity index (χ3n) is 5.51. The van der Waals surface area contributed by atoms with Gasteiger partial charge in [0.05, 0.1) is 34.7 Å². The van der Waals surface area contributed by atoms with Crippen LogP contribution < -0.4 is 10.6 Å². The molecule has 1 unspecified atom stereocenters. The van der Waals surface area contributed by atoms with Crippen LogP contribution in [0, 0.1) is 0 Å². The molecule has 13 heteroatoms. The summed E-state index contributed by atoms with van der Waals surface area (Å²) in [4.78, 5) is 19.3. The zero-order chi connectivity index (χ0) is 28.0. The van der Waals surface area contributed by atoms with Crippen molar-refractivity contribution < 1.29 is 46.1 Å². The monoisotopic (exact) mass is 554 g/mol. The number of aliphatic carboxylic acids is 2. The van der Waals surface area contributed by atoms with Crippen LogP contribution in [0.5, 0.6) is 0 Å². The van der Waals surface area contributed by atoms with Crippen molar-refractivity contribution in [1.82, 2.24) is 5.32 Å². The summed E-state index contributed by atoms with van der Waals surface area (Å²) in [6.45, 7) is 3.00. The van der Waals surface area contributed by atoms with Crippen molar-refractivity contribution in [3.63, 3.8) is 0 Å². The van der Waals surface area contributed by atoms with Gasteiger partial charge in [-0.2, -0.15) is 26.3 Å². The van der Waals surface area contributed by atoms with Gasteiger partial charge in [-0.15, -0.1) is 0 Å². The van der Waals surface area contributed by atoms with Gasteiger partial charge in [-0.3, -0.25) is 9.59 Å². The summed E-state index contributed by atoms with van der Waals surface area (Å²) in [6, 6.07) is 4.37. The average molecular weight is 555 g/mol. The van der Waals surface area contributed by atoms with Crippen LogP contribution in [0.15, 0.2) is 30.3 Å². The number of alkyl halides is 6. The van der Waals surface area contributed by atoms with E-state index in [9.17, 15) is 35.9 Å². The van der Waals surface area contributed by atoms with Crippen molar-refractivity contribution in [2.24, 2.45) is 0 Å². The van der Waals surface area contributed by atoms with Crippen LogP contribution in [0.1, 0.15) is 53.6 Å². The number of halogens is 7. The lowest BCUT2D eigenvalue weighted by atomic mass is 9.97. The SMILES string of the molecule is CC(Nc1c(Cl)ccc2c1CCNCC2)c1cc(C(F)(F)F)cc(C(F)(F)F)c1.O=C(O)CCC(=O)O. The van der Waals surface area contributed by atoms with Gasteiger partial charge < -0.3 is 20.8 Å². The fourth-order valence-corrected chi connectivity index (χ4v) is 3.87. The summed E-state index contributed by atoms with van der Waals surface area (Å²) in [7, 11) is 0.